The molecule has 5 nitrogen and oxygen atoms in total. The molecular weight excluding hydrogens is 180 g/mol. The molecule has 0 fully saturated rings. The van der Waals surface area contributed by atoms with E-state index in [0.717, 1.165) is 11.3 Å². The molecule has 2 rings (SSSR count). The van der Waals surface area contributed by atoms with Crippen molar-refractivity contribution in [3.8, 4) is 11.5 Å². The zero-order chi connectivity index (χ0) is 10.1. The molecule has 0 aliphatic carbocycles. The van der Waals surface area contributed by atoms with Gasteiger partial charge < -0.3 is 10.3 Å². The van der Waals surface area contributed by atoms with E-state index in [-0.39, 0.29) is 0 Å². The van der Waals surface area contributed by atoms with Gasteiger partial charge in [0.2, 0.25) is 0 Å². The van der Waals surface area contributed by atoms with Crippen molar-refractivity contribution in [3.63, 3.8) is 0 Å². The number of aryl methyl sites for hydroxylation is 1. The Morgan fingerprint density at radius 3 is 2.50 bits per heavy atom. The molecule has 2 N–H and O–H groups in total. The number of nitrogens with zero attached hydrogens (tertiary/aromatic N) is 3. The molecule has 2 aromatic heterocycles. The first-order chi connectivity index (χ1) is 6.68. The van der Waals surface area contributed by atoms with Gasteiger partial charge in [0.15, 0.2) is 11.6 Å². The Hall–Kier alpha value is -1.91. The molecule has 0 aliphatic rings. The van der Waals surface area contributed by atoms with Gasteiger partial charge in [-0.05, 0) is 26.0 Å². The van der Waals surface area contributed by atoms with Crippen LogP contribution in [0.15, 0.2) is 16.7 Å². The summed E-state index contributed by atoms with van der Waals surface area (Å²) >= 11 is 0. The summed E-state index contributed by atoms with van der Waals surface area (Å²) in [4.78, 5) is 0. The van der Waals surface area contributed by atoms with Gasteiger partial charge in [0.1, 0.15) is 5.69 Å². The summed E-state index contributed by atoms with van der Waals surface area (Å²) in [7, 11) is 0. The van der Waals surface area contributed by atoms with Crippen LogP contribution in [0.1, 0.15) is 11.3 Å². The van der Waals surface area contributed by atoms with Crippen LogP contribution in [0, 0.1) is 13.8 Å². The number of rotatable bonds is 1. The average molecular weight is 190 g/mol. The van der Waals surface area contributed by atoms with Crippen molar-refractivity contribution in [1.29, 1.82) is 0 Å². The molecule has 0 aromatic carbocycles. The summed E-state index contributed by atoms with van der Waals surface area (Å²) in [5.41, 5.74) is 7.86. The van der Waals surface area contributed by atoms with E-state index in [4.69, 9.17) is 10.3 Å². The number of aromatic nitrogens is 3. The zero-order valence-corrected chi connectivity index (χ0v) is 7.98. The van der Waals surface area contributed by atoms with E-state index in [1.54, 1.807) is 0 Å². The Morgan fingerprint density at radius 1 is 1.21 bits per heavy atom. The molecule has 0 radical (unpaired) electrons. The lowest BCUT2D eigenvalue weighted by molar-refractivity contribution is 0.433. The first-order valence-corrected chi connectivity index (χ1v) is 4.21. The number of nitrogen functional groups attached to an aromatic ring is 1. The van der Waals surface area contributed by atoms with E-state index < -0.39 is 0 Å². The molecule has 5 heteroatoms. The second-order valence-corrected chi connectivity index (χ2v) is 3.08. The van der Waals surface area contributed by atoms with E-state index in [0.29, 0.717) is 17.3 Å². The molecule has 72 valence electrons. The van der Waals surface area contributed by atoms with Gasteiger partial charge in [0.05, 0.1) is 5.69 Å². The minimum atomic E-state index is 0.391. The molecule has 0 saturated carbocycles. The second-order valence-electron chi connectivity index (χ2n) is 3.08. The lowest BCUT2D eigenvalue weighted by Crippen LogP contribution is -1.90. The highest BCUT2D eigenvalue weighted by molar-refractivity contribution is 5.61. The maximum Gasteiger partial charge on any atom is 0.192 e. The predicted octanol–water partition coefficient (Wildman–Crippen LogP) is 1.33. The minimum Gasteiger partial charge on any atom is -0.381 e. The lowest BCUT2D eigenvalue weighted by atomic mass is 10.2. The van der Waals surface area contributed by atoms with Crippen molar-refractivity contribution in [2.75, 3.05) is 5.73 Å². The Balaban J connectivity index is 2.49. The van der Waals surface area contributed by atoms with Gasteiger partial charge in [-0.1, -0.05) is 5.16 Å². The number of nitrogens with two attached hydrogens (primary N) is 1. The van der Waals surface area contributed by atoms with Crippen molar-refractivity contribution in [2.45, 2.75) is 13.8 Å². The Bertz CT molecular complexity index is 446. The fourth-order valence-electron chi connectivity index (χ4n) is 1.11. The summed E-state index contributed by atoms with van der Waals surface area (Å²) in [6.07, 6.45) is 0. The van der Waals surface area contributed by atoms with Gasteiger partial charge in [-0.2, -0.15) is 5.10 Å². The number of hydrogen-bond donors (Lipinski definition) is 1. The van der Waals surface area contributed by atoms with E-state index in [9.17, 15) is 0 Å². The highest BCUT2D eigenvalue weighted by Gasteiger charge is 2.12. The monoisotopic (exact) mass is 190 g/mol. The molecule has 2 aromatic rings. The predicted molar refractivity (Wildman–Crippen MR) is 51.4 cm³/mol. The Kier molecular flexibility index (Phi) is 1.92. The first kappa shape index (κ1) is 8.68. The van der Waals surface area contributed by atoms with Crippen LogP contribution in [0.3, 0.4) is 0 Å². The van der Waals surface area contributed by atoms with Crippen LogP contribution < -0.4 is 5.73 Å². The van der Waals surface area contributed by atoms with Crippen LogP contribution >= 0.6 is 0 Å². The van der Waals surface area contributed by atoms with E-state index in [1.165, 1.54) is 0 Å². The summed E-state index contributed by atoms with van der Waals surface area (Å²) in [6, 6.07) is 3.69. The lowest BCUT2D eigenvalue weighted by Gasteiger charge is -1.95. The van der Waals surface area contributed by atoms with Crippen molar-refractivity contribution in [1.82, 2.24) is 15.4 Å². The molecule has 0 atom stereocenters. The largest absolute Gasteiger partial charge is 0.381 e. The van der Waals surface area contributed by atoms with Gasteiger partial charge in [-0.25, -0.2) is 0 Å². The summed E-state index contributed by atoms with van der Waals surface area (Å²) in [6.45, 7) is 3.71. The third kappa shape index (κ3) is 1.32. The van der Waals surface area contributed by atoms with E-state index >= 15 is 0 Å². The van der Waals surface area contributed by atoms with Crippen molar-refractivity contribution in [2.24, 2.45) is 0 Å². The third-order valence-corrected chi connectivity index (χ3v) is 1.99. The van der Waals surface area contributed by atoms with Crippen LogP contribution in [0.25, 0.3) is 11.5 Å². The SMILES string of the molecule is Cc1ccc(-c2onc(N)c2C)nn1. The van der Waals surface area contributed by atoms with Crippen LogP contribution in [0.2, 0.25) is 0 Å². The third-order valence-electron chi connectivity index (χ3n) is 1.99. The topological polar surface area (TPSA) is 77.8 Å². The molecule has 0 unspecified atom stereocenters. The smallest absolute Gasteiger partial charge is 0.192 e. The Labute approximate surface area is 80.9 Å². The standard InChI is InChI=1S/C9H10N4O/c1-5-3-4-7(12-11-5)8-6(2)9(10)13-14-8/h3-4H,1-2H3,(H2,10,13). The number of hydrogen-bond acceptors (Lipinski definition) is 5. The minimum absolute atomic E-state index is 0.391. The van der Waals surface area contributed by atoms with Crippen LogP contribution in [0.4, 0.5) is 5.82 Å². The maximum atomic E-state index is 5.55. The maximum absolute atomic E-state index is 5.55. The van der Waals surface area contributed by atoms with Crippen molar-refractivity contribution < 1.29 is 4.52 Å². The van der Waals surface area contributed by atoms with Gasteiger partial charge in [-0.15, -0.1) is 5.10 Å². The molecule has 2 heterocycles. The molecule has 14 heavy (non-hydrogen) atoms. The summed E-state index contributed by atoms with van der Waals surface area (Å²) in [5, 5.41) is 11.6. The quantitative estimate of drug-likeness (QED) is 0.733. The van der Waals surface area contributed by atoms with Crippen molar-refractivity contribution in [3.05, 3.63) is 23.4 Å². The first-order valence-electron chi connectivity index (χ1n) is 4.21. The highest BCUT2D eigenvalue weighted by Crippen LogP contribution is 2.24. The molecule has 0 spiro atoms. The average Bonchev–Trinajstić information content (AvgIpc) is 2.50. The van der Waals surface area contributed by atoms with Crippen LogP contribution in [-0.4, -0.2) is 15.4 Å². The van der Waals surface area contributed by atoms with Crippen LogP contribution in [-0.2, 0) is 0 Å². The Morgan fingerprint density at radius 2 is 2.00 bits per heavy atom. The fraction of sp³-hybridized carbons (Fsp3) is 0.222. The molecular formula is C9H10N4O. The number of anilines is 1. The van der Waals surface area contributed by atoms with Gasteiger partial charge in [0, 0.05) is 5.56 Å². The van der Waals surface area contributed by atoms with Crippen molar-refractivity contribution >= 4 is 5.82 Å². The summed E-state index contributed by atoms with van der Waals surface area (Å²) in [5.74, 6) is 0.970. The molecule has 0 amide bonds. The van der Waals surface area contributed by atoms with E-state index in [1.807, 2.05) is 26.0 Å². The normalized spacial score (nSPS) is 10.4. The molecule has 0 aliphatic heterocycles. The molecule has 0 bridgehead atoms. The zero-order valence-electron chi connectivity index (χ0n) is 7.98. The van der Waals surface area contributed by atoms with Gasteiger partial charge >= 0.3 is 0 Å². The second kappa shape index (κ2) is 3.10. The van der Waals surface area contributed by atoms with Crippen LogP contribution in [0.5, 0.6) is 0 Å². The molecule has 0 saturated heterocycles. The highest BCUT2D eigenvalue weighted by atomic mass is 16.5. The fourth-order valence-corrected chi connectivity index (χ4v) is 1.11. The van der Waals surface area contributed by atoms with E-state index in [2.05, 4.69) is 15.4 Å². The van der Waals surface area contributed by atoms with Gasteiger partial charge in [0.25, 0.3) is 0 Å². The summed E-state index contributed by atoms with van der Waals surface area (Å²) < 4.78 is 5.04. The van der Waals surface area contributed by atoms with Gasteiger partial charge in [-0.3, -0.25) is 0 Å².